The van der Waals surface area contributed by atoms with Crippen molar-refractivity contribution in [3.05, 3.63) is 73.0 Å². The molecule has 0 spiro atoms. The zero-order valence-corrected chi connectivity index (χ0v) is 13.6. The molecule has 0 aliphatic heterocycles. The zero-order chi connectivity index (χ0) is 12.7. The molecule has 0 fully saturated rings. The van der Waals surface area contributed by atoms with Crippen LogP contribution in [0.1, 0.15) is 0 Å². The Kier molecular flexibility index (Phi) is 3.73. The quantitative estimate of drug-likeness (QED) is 0.359. The van der Waals surface area contributed by atoms with Gasteiger partial charge in [-0.2, -0.15) is 17.5 Å². The van der Waals surface area contributed by atoms with Crippen molar-refractivity contribution < 1.29 is 37.1 Å². The van der Waals surface area contributed by atoms with Crippen molar-refractivity contribution in [1.29, 1.82) is 0 Å². The number of rotatable bonds is 1. The van der Waals surface area contributed by atoms with Gasteiger partial charge in [0.2, 0.25) is 0 Å². The number of benzene rings is 3. The van der Waals surface area contributed by atoms with Crippen molar-refractivity contribution in [2.45, 2.75) is 0 Å². The molecular weight excluding hydrogens is 321 g/mol. The summed E-state index contributed by atoms with van der Waals surface area (Å²) in [6, 6.07) is 24.9. The summed E-state index contributed by atoms with van der Waals surface area (Å²) in [5.74, 6) is 0.737. The van der Waals surface area contributed by atoms with E-state index in [1.54, 1.807) is 12.3 Å². The molecule has 0 saturated carbocycles. The van der Waals surface area contributed by atoms with Gasteiger partial charge in [0.1, 0.15) is 0 Å². The second kappa shape index (κ2) is 5.51. The third-order valence-corrected chi connectivity index (χ3v) is 3.37. The van der Waals surface area contributed by atoms with Crippen LogP contribution in [-0.2, 0) is 32.7 Å². The van der Waals surface area contributed by atoms with E-state index in [0.29, 0.717) is 0 Å². The minimum atomic E-state index is 0. The standard InChI is InChI=1S/C18H10O.Y/c1-2-6-14-12-17-15(11-13(14)5-1)7-3-8-16(17)18-9-4-10-19-18;/h1-7,10-12H;/q-2;. The van der Waals surface area contributed by atoms with Crippen LogP contribution in [0.15, 0.2) is 65.3 Å². The fraction of sp³-hybridized carbons (Fsp3) is 0. The molecule has 93 valence electrons. The van der Waals surface area contributed by atoms with Crippen LogP contribution in [0.25, 0.3) is 32.9 Å². The average Bonchev–Trinajstić information content (AvgIpc) is 2.98. The summed E-state index contributed by atoms with van der Waals surface area (Å²) in [6.45, 7) is 0. The molecule has 0 unspecified atom stereocenters. The van der Waals surface area contributed by atoms with Gasteiger partial charge in [0.15, 0.2) is 0 Å². The average molecular weight is 331 g/mol. The van der Waals surface area contributed by atoms with Gasteiger partial charge in [-0.05, 0) is 17.0 Å². The van der Waals surface area contributed by atoms with E-state index in [4.69, 9.17) is 4.42 Å². The van der Waals surface area contributed by atoms with Crippen molar-refractivity contribution in [2.24, 2.45) is 0 Å². The molecule has 0 aliphatic rings. The summed E-state index contributed by atoms with van der Waals surface area (Å²) in [7, 11) is 0. The molecule has 0 amide bonds. The third-order valence-electron chi connectivity index (χ3n) is 3.37. The predicted molar refractivity (Wildman–Crippen MR) is 76.8 cm³/mol. The largest absolute Gasteiger partial charge is 0.590 e. The fourth-order valence-electron chi connectivity index (χ4n) is 2.47. The molecule has 1 nitrogen and oxygen atoms in total. The van der Waals surface area contributed by atoms with E-state index in [9.17, 15) is 0 Å². The first-order valence-corrected chi connectivity index (χ1v) is 6.20. The molecule has 0 atom stereocenters. The van der Waals surface area contributed by atoms with Crippen LogP contribution in [0.3, 0.4) is 0 Å². The van der Waals surface area contributed by atoms with Crippen molar-refractivity contribution in [3.63, 3.8) is 0 Å². The van der Waals surface area contributed by atoms with Crippen molar-refractivity contribution in [2.75, 3.05) is 0 Å². The molecule has 4 aromatic rings. The third kappa shape index (κ3) is 2.21. The van der Waals surface area contributed by atoms with E-state index in [0.717, 1.165) is 16.7 Å². The van der Waals surface area contributed by atoms with E-state index >= 15 is 0 Å². The smallest absolute Gasteiger partial charge is 0 e. The SMILES string of the molecule is [Y].[c-]1ccoc1-c1[c-]ccc2cc3ccccc3cc12. The maximum absolute atomic E-state index is 5.45. The summed E-state index contributed by atoms with van der Waals surface area (Å²) < 4.78 is 5.45. The van der Waals surface area contributed by atoms with Gasteiger partial charge in [0.05, 0.1) is 0 Å². The minimum Gasteiger partial charge on any atom is -0.590 e. The molecule has 0 aliphatic carbocycles. The topological polar surface area (TPSA) is 13.1 Å². The van der Waals surface area contributed by atoms with Crippen LogP contribution in [-0.4, -0.2) is 0 Å². The second-order valence-corrected chi connectivity index (χ2v) is 4.53. The molecule has 20 heavy (non-hydrogen) atoms. The van der Waals surface area contributed by atoms with E-state index in [1.165, 1.54) is 16.2 Å². The fourth-order valence-corrected chi connectivity index (χ4v) is 2.47. The molecule has 2 heteroatoms. The Bertz CT molecular complexity index is 863. The summed E-state index contributed by atoms with van der Waals surface area (Å²) in [6.07, 6.45) is 1.64. The van der Waals surface area contributed by atoms with Gasteiger partial charge < -0.3 is 4.42 Å². The number of hydrogen-bond donors (Lipinski definition) is 0. The summed E-state index contributed by atoms with van der Waals surface area (Å²) in [5.41, 5.74) is 0.966. The number of fused-ring (bicyclic) bond motifs is 2. The van der Waals surface area contributed by atoms with E-state index < -0.39 is 0 Å². The van der Waals surface area contributed by atoms with Crippen molar-refractivity contribution >= 4 is 21.5 Å². The molecule has 0 saturated heterocycles. The number of hydrogen-bond acceptors (Lipinski definition) is 1. The molecule has 0 bridgehead atoms. The van der Waals surface area contributed by atoms with Gasteiger partial charge >= 0.3 is 0 Å². The number of furan rings is 1. The van der Waals surface area contributed by atoms with Crippen LogP contribution in [0.5, 0.6) is 0 Å². The Labute approximate surface area is 142 Å². The zero-order valence-electron chi connectivity index (χ0n) is 10.8. The molecule has 1 aromatic heterocycles. The first-order valence-electron chi connectivity index (χ1n) is 6.20. The van der Waals surface area contributed by atoms with Crippen molar-refractivity contribution in [1.82, 2.24) is 0 Å². The van der Waals surface area contributed by atoms with Gasteiger partial charge in [-0.25, -0.2) is 11.6 Å². The van der Waals surface area contributed by atoms with E-state index in [1.807, 2.05) is 6.07 Å². The van der Waals surface area contributed by atoms with Gasteiger partial charge in [0, 0.05) is 32.7 Å². The van der Waals surface area contributed by atoms with Gasteiger partial charge in [0.25, 0.3) is 0 Å². The Morgan fingerprint density at radius 3 is 2.35 bits per heavy atom. The van der Waals surface area contributed by atoms with Crippen LogP contribution in [0.2, 0.25) is 0 Å². The summed E-state index contributed by atoms with van der Waals surface area (Å²) >= 11 is 0. The molecular formula is C18H10OY-2. The second-order valence-electron chi connectivity index (χ2n) is 4.53. The van der Waals surface area contributed by atoms with Crippen LogP contribution in [0, 0.1) is 12.1 Å². The first kappa shape index (κ1) is 13.5. The van der Waals surface area contributed by atoms with Gasteiger partial charge in [-0.1, -0.05) is 36.1 Å². The van der Waals surface area contributed by atoms with Crippen LogP contribution >= 0.6 is 0 Å². The molecule has 0 N–H and O–H groups in total. The summed E-state index contributed by atoms with van der Waals surface area (Å²) in [5, 5.41) is 4.81. The normalized spacial score (nSPS) is 10.6. The van der Waals surface area contributed by atoms with Gasteiger partial charge in [-0.3, -0.25) is 0 Å². The predicted octanol–water partition coefficient (Wildman–Crippen LogP) is 4.85. The van der Waals surface area contributed by atoms with Gasteiger partial charge in [-0.15, -0.1) is 23.6 Å². The van der Waals surface area contributed by atoms with Crippen molar-refractivity contribution in [3.8, 4) is 11.3 Å². The monoisotopic (exact) mass is 331 g/mol. The maximum atomic E-state index is 5.45. The Balaban J connectivity index is 0.00000121. The molecule has 1 radical (unpaired) electrons. The first-order chi connectivity index (χ1) is 9.42. The minimum absolute atomic E-state index is 0. The maximum Gasteiger partial charge on any atom is 0 e. The molecule has 4 rings (SSSR count). The van der Waals surface area contributed by atoms with Crippen LogP contribution in [0.4, 0.5) is 0 Å². The van der Waals surface area contributed by atoms with E-state index in [-0.39, 0.29) is 32.7 Å². The summed E-state index contributed by atoms with van der Waals surface area (Å²) in [4.78, 5) is 0. The van der Waals surface area contributed by atoms with E-state index in [2.05, 4.69) is 54.6 Å². The Morgan fingerprint density at radius 1 is 0.800 bits per heavy atom. The van der Waals surface area contributed by atoms with Crippen LogP contribution < -0.4 is 0 Å². The molecule has 3 aromatic carbocycles. The molecule has 1 heterocycles. The Hall–Kier alpha value is -1.44. The Morgan fingerprint density at radius 2 is 1.60 bits per heavy atom.